The summed E-state index contributed by atoms with van der Waals surface area (Å²) in [5.41, 5.74) is 7.88. The molecule has 0 aliphatic rings. The van der Waals surface area contributed by atoms with Crippen molar-refractivity contribution in [1.82, 2.24) is 15.2 Å². The van der Waals surface area contributed by atoms with Crippen LogP contribution in [0.25, 0.3) is 11.4 Å². The Hall–Kier alpha value is -1.68. The molecule has 0 amide bonds. The van der Waals surface area contributed by atoms with Crippen molar-refractivity contribution < 1.29 is 0 Å². The molecule has 0 fully saturated rings. The van der Waals surface area contributed by atoms with Gasteiger partial charge >= 0.3 is 0 Å². The van der Waals surface area contributed by atoms with Gasteiger partial charge in [-0.2, -0.15) is 5.10 Å². The number of aromatic nitrogens is 3. The van der Waals surface area contributed by atoms with Gasteiger partial charge in [0.1, 0.15) is 5.82 Å². The van der Waals surface area contributed by atoms with Gasteiger partial charge in [-0.25, -0.2) is 4.98 Å². The van der Waals surface area contributed by atoms with E-state index in [0.717, 1.165) is 17.8 Å². The zero-order chi connectivity index (χ0) is 12.1. The largest absolute Gasteiger partial charge is 0.324 e. The molecule has 2 rings (SSSR count). The molecule has 1 aromatic heterocycles. The molecule has 0 unspecified atom stereocenters. The van der Waals surface area contributed by atoms with E-state index >= 15 is 0 Å². The van der Waals surface area contributed by atoms with Gasteiger partial charge in [0, 0.05) is 5.56 Å². The van der Waals surface area contributed by atoms with Crippen molar-refractivity contribution in [3.8, 4) is 11.4 Å². The van der Waals surface area contributed by atoms with Crippen LogP contribution in [0.3, 0.4) is 0 Å². The molecule has 1 aromatic carbocycles. The maximum Gasteiger partial charge on any atom is 0.181 e. The second-order valence-corrected chi connectivity index (χ2v) is 4.11. The molecule has 0 aliphatic carbocycles. The molecule has 2 aromatic rings. The second kappa shape index (κ2) is 5.59. The van der Waals surface area contributed by atoms with Crippen LogP contribution in [0.5, 0.6) is 0 Å². The highest BCUT2D eigenvalue weighted by Gasteiger charge is 2.04. The van der Waals surface area contributed by atoms with Gasteiger partial charge < -0.3 is 5.73 Å². The van der Waals surface area contributed by atoms with Crippen LogP contribution in [-0.4, -0.2) is 15.2 Å². The second-order valence-electron chi connectivity index (χ2n) is 4.11. The van der Waals surface area contributed by atoms with Gasteiger partial charge in [0.05, 0.1) is 6.54 Å². The van der Waals surface area contributed by atoms with E-state index < -0.39 is 0 Å². The third kappa shape index (κ3) is 2.91. The normalized spacial score (nSPS) is 10.7. The fourth-order valence-corrected chi connectivity index (χ4v) is 1.72. The molecule has 4 nitrogen and oxygen atoms in total. The summed E-state index contributed by atoms with van der Waals surface area (Å²) in [4.78, 5) is 4.30. The minimum absolute atomic E-state index is 0.390. The number of nitrogens with two attached hydrogens (primary N) is 1. The fourth-order valence-electron chi connectivity index (χ4n) is 1.72. The van der Waals surface area contributed by atoms with Gasteiger partial charge in [-0.3, -0.25) is 5.10 Å². The average molecular weight is 230 g/mol. The molecular formula is C13H18N4. The van der Waals surface area contributed by atoms with Crippen molar-refractivity contribution in [3.05, 3.63) is 35.7 Å². The quantitative estimate of drug-likeness (QED) is 0.828. The Morgan fingerprint density at radius 2 is 2.00 bits per heavy atom. The summed E-state index contributed by atoms with van der Waals surface area (Å²) in [7, 11) is 0. The molecule has 0 atom stereocenters. The van der Waals surface area contributed by atoms with Crippen molar-refractivity contribution in [2.24, 2.45) is 5.73 Å². The molecular weight excluding hydrogens is 212 g/mol. The van der Waals surface area contributed by atoms with Crippen molar-refractivity contribution in [3.63, 3.8) is 0 Å². The van der Waals surface area contributed by atoms with Crippen molar-refractivity contribution >= 4 is 0 Å². The molecule has 3 N–H and O–H groups in total. The Bertz CT molecular complexity index is 459. The van der Waals surface area contributed by atoms with Gasteiger partial charge in [0.15, 0.2) is 5.82 Å². The number of hydrogen-bond acceptors (Lipinski definition) is 3. The molecule has 0 aliphatic heterocycles. The van der Waals surface area contributed by atoms with Gasteiger partial charge in [0.2, 0.25) is 0 Å². The molecule has 4 heteroatoms. The van der Waals surface area contributed by atoms with Crippen molar-refractivity contribution in [2.45, 2.75) is 32.7 Å². The van der Waals surface area contributed by atoms with Crippen LogP contribution in [0.4, 0.5) is 0 Å². The zero-order valence-electron chi connectivity index (χ0n) is 10.1. The van der Waals surface area contributed by atoms with Crippen LogP contribution in [0.1, 0.15) is 31.2 Å². The maximum absolute atomic E-state index is 5.49. The number of rotatable bonds is 5. The molecule has 1 heterocycles. The zero-order valence-corrected chi connectivity index (χ0v) is 10.1. The van der Waals surface area contributed by atoms with Crippen LogP contribution in [0.2, 0.25) is 0 Å². The van der Waals surface area contributed by atoms with E-state index in [4.69, 9.17) is 5.73 Å². The summed E-state index contributed by atoms with van der Waals surface area (Å²) in [5, 5.41) is 6.95. The molecule has 0 bridgehead atoms. The Kier molecular flexibility index (Phi) is 3.88. The van der Waals surface area contributed by atoms with E-state index in [1.165, 1.54) is 18.4 Å². The Balaban J connectivity index is 2.11. The molecule has 0 radical (unpaired) electrons. The van der Waals surface area contributed by atoms with Gasteiger partial charge in [0.25, 0.3) is 0 Å². The van der Waals surface area contributed by atoms with Gasteiger partial charge in [-0.05, 0) is 18.4 Å². The SMILES string of the molecule is CCCCc1ccc(-c2n[nH]c(CN)n2)cc1. The first-order valence-corrected chi connectivity index (χ1v) is 6.04. The van der Waals surface area contributed by atoms with E-state index in [2.05, 4.69) is 46.4 Å². The number of aryl methyl sites for hydroxylation is 1. The summed E-state index contributed by atoms with van der Waals surface area (Å²) in [5.74, 6) is 1.43. The Labute approximate surface area is 101 Å². The summed E-state index contributed by atoms with van der Waals surface area (Å²) in [6.45, 7) is 2.60. The van der Waals surface area contributed by atoms with Crippen LogP contribution in [0, 0.1) is 0 Å². The Morgan fingerprint density at radius 3 is 2.59 bits per heavy atom. The molecule has 0 spiro atoms. The summed E-state index contributed by atoms with van der Waals surface area (Å²) >= 11 is 0. The summed E-state index contributed by atoms with van der Waals surface area (Å²) in [6, 6.07) is 8.41. The first kappa shape index (κ1) is 11.8. The van der Waals surface area contributed by atoms with Gasteiger partial charge in [-0.1, -0.05) is 37.6 Å². The van der Waals surface area contributed by atoms with Crippen LogP contribution in [-0.2, 0) is 13.0 Å². The minimum atomic E-state index is 0.390. The highest BCUT2D eigenvalue weighted by molar-refractivity contribution is 5.54. The van der Waals surface area contributed by atoms with Crippen LogP contribution < -0.4 is 5.73 Å². The maximum atomic E-state index is 5.49. The minimum Gasteiger partial charge on any atom is -0.324 e. The average Bonchev–Trinajstić information content (AvgIpc) is 2.86. The lowest BCUT2D eigenvalue weighted by Crippen LogP contribution is -1.97. The highest BCUT2D eigenvalue weighted by atomic mass is 15.2. The predicted molar refractivity (Wildman–Crippen MR) is 68.3 cm³/mol. The number of unbranched alkanes of at least 4 members (excludes halogenated alkanes) is 1. The van der Waals surface area contributed by atoms with Crippen molar-refractivity contribution in [1.29, 1.82) is 0 Å². The molecule has 0 saturated heterocycles. The van der Waals surface area contributed by atoms with Crippen LogP contribution >= 0.6 is 0 Å². The lowest BCUT2D eigenvalue weighted by molar-refractivity contribution is 0.795. The van der Waals surface area contributed by atoms with E-state index in [1.54, 1.807) is 0 Å². The summed E-state index contributed by atoms with van der Waals surface area (Å²) in [6.07, 6.45) is 3.60. The van der Waals surface area contributed by atoms with E-state index in [9.17, 15) is 0 Å². The standard InChI is InChI=1S/C13H18N4/c1-2-3-4-10-5-7-11(8-6-10)13-15-12(9-14)16-17-13/h5-8H,2-4,9,14H2,1H3,(H,15,16,17). The van der Waals surface area contributed by atoms with Crippen LogP contribution in [0.15, 0.2) is 24.3 Å². The first-order valence-electron chi connectivity index (χ1n) is 6.04. The smallest absolute Gasteiger partial charge is 0.181 e. The lowest BCUT2D eigenvalue weighted by Gasteiger charge is -2.00. The monoisotopic (exact) mass is 230 g/mol. The number of aromatic amines is 1. The topological polar surface area (TPSA) is 67.6 Å². The Morgan fingerprint density at radius 1 is 1.24 bits per heavy atom. The predicted octanol–water partition coefficient (Wildman–Crippen LogP) is 2.27. The van der Waals surface area contributed by atoms with E-state index in [-0.39, 0.29) is 0 Å². The number of hydrogen-bond donors (Lipinski definition) is 2. The van der Waals surface area contributed by atoms with E-state index in [1.807, 2.05) is 0 Å². The molecule has 90 valence electrons. The molecule has 0 saturated carbocycles. The fraction of sp³-hybridized carbons (Fsp3) is 0.385. The third-order valence-corrected chi connectivity index (χ3v) is 2.76. The lowest BCUT2D eigenvalue weighted by atomic mass is 10.1. The van der Waals surface area contributed by atoms with E-state index in [0.29, 0.717) is 12.4 Å². The summed E-state index contributed by atoms with van der Waals surface area (Å²) < 4.78 is 0. The number of H-pyrrole nitrogens is 1. The third-order valence-electron chi connectivity index (χ3n) is 2.76. The number of benzene rings is 1. The molecule has 17 heavy (non-hydrogen) atoms. The number of nitrogens with zero attached hydrogens (tertiary/aromatic N) is 2. The van der Waals surface area contributed by atoms with Gasteiger partial charge in [-0.15, -0.1) is 0 Å². The first-order chi connectivity index (χ1) is 8.33. The van der Waals surface area contributed by atoms with Crippen molar-refractivity contribution in [2.75, 3.05) is 0 Å². The highest BCUT2D eigenvalue weighted by Crippen LogP contribution is 2.16. The number of nitrogens with one attached hydrogen (secondary N) is 1.